The molecule has 0 radical (unpaired) electrons. The first-order chi connectivity index (χ1) is 21.0. The third kappa shape index (κ3) is 24.5. The Hall–Kier alpha value is -2.33. The summed E-state index contributed by atoms with van der Waals surface area (Å²) in [7, 11) is -3.67. The zero-order valence-electron chi connectivity index (χ0n) is 27.8. The number of carbonyl (C=O) groups is 3. The van der Waals surface area contributed by atoms with E-state index < -0.39 is 13.1 Å². The molecule has 15 heteroatoms. The van der Waals surface area contributed by atoms with Crippen molar-refractivity contribution in [3.05, 3.63) is 79.2 Å². The van der Waals surface area contributed by atoms with Crippen LogP contribution in [0.2, 0.25) is 0 Å². The molecule has 2 aromatic carbocycles. The average Bonchev–Trinajstić information content (AvgIpc) is 3.01. The molecule has 4 rings (SSSR count). The summed E-state index contributed by atoms with van der Waals surface area (Å²) in [6, 6.07) is 19.2. The Bertz CT molecular complexity index is 1070. The van der Waals surface area contributed by atoms with Crippen molar-refractivity contribution >= 4 is 48.6 Å². The summed E-state index contributed by atoms with van der Waals surface area (Å²) in [5, 5.41) is 9.80. The molecule has 0 unspecified atom stereocenters. The first-order valence-corrected chi connectivity index (χ1v) is 14.6. The van der Waals surface area contributed by atoms with Crippen molar-refractivity contribution < 1.29 is 63.6 Å². The molecule has 0 aromatic heterocycles. The van der Waals surface area contributed by atoms with Crippen LogP contribution in [0.4, 0.5) is 22.5 Å². The molecule has 2 aromatic rings. The summed E-state index contributed by atoms with van der Waals surface area (Å²) in [4.78, 5) is 37.7. The van der Waals surface area contributed by atoms with Gasteiger partial charge in [-0.25, -0.2) is 9.59 Å². The number of ketones is 1. The summed E-state index contributed by atoms with van der Waals surface area (Å²) in [5.41, 5.74) is 1.31. The van der Waals surface area contributed by atoms with Crippen LogP contribution in [0, 0.1) is 7.43 Å². The molecule has 2 fully saturated rings. The SMILES string of the molecule is CC1(O)CCN(C(=O)OCc2ccccc2)CC1.CCOCC.FB(F)F.O=C1CCN(C(=O)OCc2ccccc2)CC1.[Br-].[CH3-].[Mg+2]. The zero-order chi connectivity index (χ0) is 32.8. The van der Waals surface area contributed by atoms with Crippen LogP contribution in [0.5, 0.6) is 0 Å². The van der Waals surface area contributed by atoms with E-state index in [0.29, 0.717) is 58.5 Å². The Morgan fingerprint density at radius 3 is 1.45 bits per heavy atom. The molecule has 2 aliphatic rings. The third-order valence-corrected chi connectivity index (χ3v) is 6.50. The Balaban J connectivity index is -0.000000625. The first kappa shape index (κ1) is 49.1. The standard InChI is InChI=1S/C14H19NO3.C13H15NO3.C4H10O.CH3.BF3.BrH.Mg/c1-14(17)7-9-15(10-8-14)13(16)18-11-12-5-3-2-4-6-12;15-12-6-8-14(9-7-12)13(16)17-10-11-4-2-1-3-5-11;1-3-5-4-2;;2-1(3)4;;/h2-6,17H,7-11H2,1H3;1-5H,6-10H2;3-4H2,1-2H3;1H3;;1H;/q;;;-1;;;+2/p-1. The molecule has 2 aliphatic heterocycles. The number of nitrogens with zero attached hydrogens (tertiary/aromatic N) is 2. The Kier molecular flexibility index (Phi) is 29.9. The molecule has 1 N–H and O–H groups in total. The summed E-state index contributed by atoms with van der Waals surface area (Å²) >= 11 is 0. The Morgan fingerprint density at radius 1 is 0.787 bits per heavy atom. The number of piperidine rings is 2. The summed E-state index contributed by atoms with van der Waals surface area (Å²) < 4.78 is 44.3. The van der Waals surface area contributed by atoms with Crippen LogP contribution in [0.1, 0.15) is 57.6 Å². The van der Waals surface area contributed by atoms with Crippen LogP contribution < -0.4 is 17.0 Å². The van der Waals surface area contributed by atoms with E-state index in [1.165, 1.54) is 0 Å². The van der Waals surface area contributed by atoms with Crippen LogP contribution in [-0.4, -0.2) is 108 Å². The van der Waals surface area contributed by atoms with E-state index in [2.05, 4.69) is 0 Å². The van der Waals surface area contributed by atoms with E-state index in [0.717, 1.165) is 24.3 Å². The average molecular weight is 744 g/mol. The van der Waals surface area contributed by atoms with Crippen molar-refractivity contribution in [2.24, 2.45) is 0 Å². The fourth-order valence-corrected chi connectivity index (χ4v) is 3.94. The zero-order valence-corrected chi connectivity index (χ0v) is 30.8. The van der Waals surface area contributed by atoms with Crippen LogP contribution >= 0.6 is 0 Å². The van der Waals surface area contributed by atoms with Crippen LogP contribution in [0.25, 0.3) is 0 Å². The second-order valence-corrected chi connectivity index (χ2v) is 10.1. The van der Waals surface area contributed by atoms with E-state index >= 15 is 0 Å². The molecule has 0 spiro atoms. The number of benzene rings is 2. The predicted octanol–water partition coefficient (Wildman–Crippen LogP) is 3.15. The maximum atomic E-state index is 11.8. The van der Waals surface area contributed by atoms with Crippen LogP contribution in [-0.2, 0) is 32.2 Å². The minimum absolute atomic E-state index is 0. The monoisotopic (exact) mass is 742 g/mol. The smallest absolute Gasteiger partial charge is 1.00 e. The maximum Gasteiger partial charge on any atom is 2.00 e. The van der Waals surface area contributed by atoms with Gasteiger partial charge < -0.3 is 53.5 Å². The van der Waals surface area contributed by atoms with Crippen LogP contribution in [0.3, 0.4) is 0 Å². The summed E-state index contributed by atoms with van der Waals surface area (Å²) in [5.74, 6) is 0.220. The van der Waals surface area contributed by atoms with Crippen molar-refractivity contribution in [3.8, 4) is 0 Å². The summed E-state index contributed by atoms with van der Waals surface area (Å²) in [6.07, 6.45) is 1.47. The molecule has 2 saturated heterocycles. The molecule has 0 atom stereocenters. The van der Waals surface area contributed by atoms with Gasteiger partial charge in [0.05, 0.1) is 5.60 Å². The minimum atomic E-state index is -3.67. The Morgan fingerprint density at radius 2 is 1.13 bits per heavy atom. The van der Waals surface area contributed by atoms with E-state index in [1.54, 1.807) is 16.7 Å². The number of halogens is 4. The fourth-order valence-electron chi connectivity index (χ4n) is 3.94. The number of carbonyl (C=O) groups excluding carboxylic acids is 3. The maximum absolute atomic E-state index is 11.8. The van der Waals surface area contributed by atoms with Crippen molar-refractivity contribution in [2.45, 2.75) is 65.3 Å². The number of hydrogen-bond acceptors (Lipinski definition) is 7. The van der Waals surface area contributed by atoms with Gasteiger partial charge in [-0.2, -0.15) is 0 Å². The fraction of sp³-hybridized carbons (Fsp3) is 0.500. The van der Waals surface area contributed by atoms with Crippen molar-refractivity contribution in [2.75, 3.05) is 39.4 Å². The van der Waals surface area contributed by atoms with Gasteiger partial charge in [-0.15, -0.1) is 0 Å². The number of amides is 2. The largest absolute Gasteiger partial charge is 2.00 e. The molecule has 9 nitrogen and oxygen atoms in total. The third-order valence-electron chi connectivity index (χ3n) is 6.50. The van der Waals surface area contributed by atoms with Gasteiger partial charge in [0.2, 0.25) is 0 Å². The van der Waals surface area contributed by atoms with Gasteiger partial charge in [-0.1, -0.05) is 60.7 Å². The van der Waals surface area contributed by atoms with E-state index in [-0.39, 0.29) is 72.0 Å². The Labute approximate surface area is 304 Å². The van der Waals surface area contributed by atoms with Crippen molar-refractivity contribution in [1.82, 2.24) is 9.80 Å². The molecule has 0 bridgehead atoms. The van der Waals surface area contributed by atoms with Gasteiger partial charge >= 0.3 is 42.8 Å². The minimum Gasteiger partial charge on any atom is -1.00 e. The molecule has 0 aliphatic carbocycles. The van der Waals surface area contributed by atoms with Crippen LogP contribution in [0.15, 0.2) is 60.7 Å². The normalized spacial score (nSPS) is 14.2. The second-order valence-electron chi connectivity index (χ2n) is 10.1. The molecule has 2 amide bonds. The molecule has 47 heavy (non-hydrogen) atoms. The van der Waals surface area contributed by atoms with Gasteiger partial charge in [0, 0.05) is 52.2 Å². The van der Waals surface area contributed by atoms with E-state index in [1.807, 2.05) is 74.5 Å². The number of aliphatic hydroxyl groups is 1. The number of likely N-dealkylation sites (tertiary alicyclic amines) is 2. The molecular weight excluding hydrogens is 696 g/mol. The molecular formula is C32H47BBrF3MgN2O7. The van der Waals surface area contributed by atoms with Gasteiger partial charge in [0.1, 0.15) is 19.0 Å². The van der Waals surface area contributed by atoms with E-state index in [4.69, 9.17) is 14.2 Å². The quantitative estimate of drug-likeness (QED) is 0.359. The summed E-state index contributed by atoms with van der Waals surface area (Å²) in [6.45, 7) is 10.1. The molecule has 0 saturated carbocycles. The van der Waals surface area contributed by atoms with E-state index in [9.17, 15) is 32.4 Å². The van der Waals surface area contributed by atoms with Gasteiger partial charge in [-0.05, 0) is 44.7 Å². The van der Waals surface area contributed by atoms with Gasteiger partial charge in [0.25, 0.3) is 0 Å². The van der Waals surface area contributed by atoms with Crippen molar-refractivity contribution in [3.63, 3.8) is 0 Å². The number of ether oxygens (including phenoxy) is 3. The van der Waals surface area contributed by atoms with Gasteiger partial charge in [-0.3, -0.25) is 17.7 Å². The predicted molar refractivity (Wildman–Crippen MR) is 174 cm³/mol. The first-order valence-electron chi connectivity index (χ1n) is 14.6. The second kappa shape index (κ2) is 28.7. The number of Topliss-reactive ketones (excluding diaryl/α,β-unsaturated/α-hetero) is 1. The number of hydrogen-bond donors (Lipinski definition) is 1. The van der Waals surface area contributed by atoms with Gasteiger partial charge in [0.15, 0.2) is 0 Å². The molecule has 260 valence electrons. The van der Waals surface area contributed by atoms with Crippen molar-refractivity contribution in [1.29, 1.82) is 0 Å². The topological polar surface area (TPSA) is 106 Å². The molecule has 2 heterocycles. The number of rotatable bonds is 6.